The van der Waals surface area contributed by atoms with Gasteiger partial charge in [-0.2, -0.15) is 0 Å². The third-order valence-corrected chi connectivity index (χ3v) is 3.80. The Morgan fingerprint density at radius 2 is 1.90 bits per heavy atom. The fourth-order valence-electron chi connectivity index (χ4n) is 2.47. The van der Waals surface area contributed by atoms with Crippen LogP contribution in [-0.4, -0.2) is 40.6 Å². The minimum Gasteiger partial charge on any atom is -0.369 e. The third-order valence-electron chi connectivity index (χ3n) is 3.80. The quantitative estimate of drug-likeness (QED) is 0.906. The molecule has 1 aliphatic rings. The molecule has 1 amide bonds. The van der Waals surface area contributed by atoms with Gasteiger partial charge in [-0.15, -0.1) is 10.2 Å². The van der Waals surface area contributed by atoms with Crippen LogP contribution in [0.25, 0.3) is 0 Å². The van der Waals surface area contributed by atoms with Crippen LogP contribution in [0.15, 0.2) is 12.1 Å². The number of hydrogen-bond donors (Lipinski definition) is 1. The Bertz CT molecular complexity index is 436. The van der Waals surface area contributed by atoms with Crippen molar-refractivity contribution >= 4 is 11.7 Å². The molecular weight excluding hydrogens is 264 g/mol. The molecule has 5 nitrogen and oxygen atoms in total. The molecule has 2 heterocycles. The van der Waals surface area contributed by atoms with E-state index in [-0.39, 0.29) is 5.91 Å². The molecule has 0 atom stereocenters. The number of nitrogens with one attached hydrogen (secondary N) is 1. The van der Waals surface area contributed by atoms with Crippen LogP contribution in [0.3, 0.4) is 0 Å². The Morgan fingerprint density at radius 1 is 1.19 bits per heavy atom. The lowest BCUT2D eigenvalue weighted by molar-refractivity contribution is 0.0754. The molecule has 21 heavy (non-hydrogen) atoms. The second-order valence-corrected chi connectivity index (χ2v) is 6.12. The van der Waals surface area contributed by atoms with Gasteiger partial charge in [0.25, 0.3) is 5.91 Å². The number of nitrogens with zero attached hydrogens (tertiary/aromatic N) is 3. The summed E-state index contributed by atoms with van der Waals surface area (Å²) in [6.45, 7) is 6.95. The minimum absolute atomic E-state index is 0.0122. The van der Waals surface area contributed by atoms with Crippen molar-refractivity contribution in [3.63, 3.8) is 0 Å². The molecule has 0 aromatic carbocycles. The van der Waals surface area contributed by atoms with Crippen molar-refractivity contribution in [1.29, 1.82) is 0 Å². The van der Waals surface area contributed by atoms with E-state index in [1.54, 1.807) is 6.07 Å². The van der Waals surface area contributed by atoms with Gasteiger partial charge in [-0.25, -0.2) is 0 Å². The van der Waals surface area contributed by atoms with Gasteiger partial charge in [0.15, 0.2) is 5.69 Å². The lowest BCUT2D eigenvalue weighted by Crippen LogP contribution is -2.32. The number of aromatic nitrogens is 2. The maximum Gasteiger partial charge on any atom is 0.274 e. The predicted octanol–water partition coefficient (Wildman–Crippen LogP) is 2.95. The van der Waals surface area contributed by atoms with Crippen LogP contribution in [0.2, 0.25) is 0 Å². The van der Waals surface area contributed by atoms with Crippen LogP contribution in [0.1, 0.15) is 56.4 Å². The molecule has 1 saturated heterocycles. The van der Waals surface area contributed by atoms with Crippen LogP contribution in [-0.2, 0) is 0 Å². The first-order chi connectivity index (χ1) is 10.2. The molecule has 0 radical (unpaired) electrons. The number of carbonyl (C=O) groups excluding carboxylic acids is 1. The number of likely N-dealkylation sites (tertiary alicyclic amines) is 1. The molecule has 1 N–H and O–H groups in total. The van der Waals surface area contributed by atoms with Gasteiger partial charge in [0.05, 0.1) is 0 Å². The molecule has 0 aliphatic carbocycles. The van der Waals surface area contributed by atoms with E-state index in [4.69, 9.17) is 0 Å². The summed E-state index contributed by atoms with van der Waals surface area (Å²) in [5, 5.41) is 11.4. The number of anilines is 1. The highest BCUT2D eigenvalue weighted by Crippen LogP contribution is 2.13. The van der Waals surface area contributed by atoms with Crippen molar-refractivity contribution in [2.75, 3.05) is 25.0 Å². The molecule has 0 spiro atoms. The molecule has 1 aromatic rings. The summed E-state index contributed by atoms with van der Waals surface area (Å²) in [7, 11) is 0. The predicted molar refractivity (Wildman–Crippen MR) is 84.3 cm³/mol. The Morgan fingerprint density at radius 3 is 2.48 bits per heavy atom. The maximum atomic E-state index is 12.4. The summed E-state index contributed by atoms with van der Waals surface area (Å²) in [5.41, 5.74) is 0.450. The molecule has 1 fully saturated rings. The van der Waals surface area contributed by atoms with Gasteiger partial charge in [0, 0.05) is 19.6 Å². The summed E-state index contributed by atoms with van der Waals surface area (Å²) in [5.74, 6) is 1.41. The fraction of sp³-hybridized carbons (Fsp3) is 0.688. The first-order valence-corrected chi connectivity index (χ1v) is 8.03. The Labute approximate surface area is 127 Å². The molecule has 2 rings (SSSR count). The lowest BCUT2D eigenvalue weighted by atomic mass is 10.1. The highest BCUT2D eigenvalue weighted by Gasteiger charge is 2.18. The number of carbonyl (C=O) groups is 1. The molecular formula is C16H26N4O. The van der Waals surface area contributed by atoms with Crippen LogP contribution in [0, 0.1) is 5.92 Å². The summed E-state index contributed by atoms with van der Waals surface area (Å²) in [6.07, 6.45) is 5.71. The second kappa shape index (κ2) is 7.96. The standard InChI is InChI=1S/C16H26N4O/c1-13(2)9-10-17-15-8-7-14(18-19-15)16(21)20-11-5-3-4-6-12-20/h7-8,13H,3-6,9-12H2,1-2H3,(H,17,19). The number of amides is 1. The van der Waals surface area contributed by atoms with Gasteiger partial charge >= 0.3 is 0 Å². The van der Waals surface area contributed by atoms with E-state index in [0.717, 1.165) is 44.7 Å². The van der Waals surface area contributed by atoms with E-state index < -0.39 is 0 Å². The van der Waals surface area contributed by atoms with Gasteiger partial charge in [-0.3, -0.25) is 4.79 Å². The molecule has 1 aromatic heterocycles. The van der Waals surface area contributed by atoms with E-state index >= 15 is 0 Å². The van der Waals surface area contributed by atoms with Crippen LogP contribution < -0.4 is 5.32 Å². The molecule has 0 unspecified atom stereocenters. The average Bonchev–Trinajstić information content (AvgIpc) is 2.76. The minimum atomic E-state index is 0.0122. The van der Waals surface area contributed by atoms with Crippen LogP contribution in [0.4, 0.5) is 5.82 Å². The van der Waals surface area contributed by atoms with E-state index in [9.17, 15) is 4.79 Å². The second-order valence-electron chi connectivity index (χ2n) is 6.12. The summed E-state index contributed by atoms with van der Waals surface area (Å²) >= 11 is 0. The fourth-order valence-corrected chi connectivity index (χ4v) is 2.47. The highest BCUT2D eigenvalue weighted by atomic mass is 16.2. The average molecular weight is 290 g/mol. The molecule has 116 valence electrons. The summed E-state index contributed by atoms with van der Waals surface area (Å²) in [6, 6.07) is 3.62. The number of hydrogen-bond acceptors (Lipinski definition) is 4. The topological polar surface area (TPSA) is 58.1 Å². The summed E-state index contributed by atoms with van der Waals surface area (Å²) < 4.78 is 0. The van der Waals surface area contributed by atoms with E-state index in [0.29, 0.717) is 11.6 Å². The van der Waals surface area contributed by atoms with E-state index in [1.165, 1.54) is 12.8 Å². The SMILES string of the molecule is CC(C)CCNc1ccc(C(=O)N2CCCCCC2)nn1. The van der Waals surface area contributed by atoms with Gasteiger partial charge < -0.3 is 10.2 Å². The van der Waals surface area contributed by atoms with Crippen molar-refractivity contribution in [1.82, 2.24) is 15.1 Å². The summed E-state index contributed by atoms with van der Waals surface area (Å²) in [4.78, 5) is 14.3. The smallest absolute Gasteiger partial charge is 0.274 e. The highest BCUT2D eigenvalue weighted by molar-refractivity contribution is 5.92. The van der Waals surface area contributed by atoms with Gasteiger partial charge in [-0.05, 0) is 37.3 Å². The Kier molecular flexibility index (Phi) is 5.96. The first kappa shape index (κ1) is 15.7. The third kappa shape index (κ3) is 4.99. The zero-order chi connectivity index (χ0) is 15.1. The zero-order valence-electron chi connectivity index (χ0n) is 13.1. The van der Waals surface area contributed by atoms with Gasteiger partial charge in [0.1, 0.15) is 5.82 Å². The van der Waals surface area contributed by atoms with Crippen molar-refractivity contribution < 1.29 is 4.79 Å². The molecule has 5 heteroatoms. The van der Waals surface area contributed by atoms with Crippen molar-refractivity contribution in [2.45, 2.75) is 46.0 Å². The van der Waals surface area contributed by atoms with Gasteiger partial charge in [-0.1, -0.05) is 26.7 Å². The molecule has 0 saturated carbocycles. The largest absolute Gasteiger partial charge is 0.369 e. The monoisotopic (exact) mass is 290 g/mol. The Balaban J connectivity index is 1.89. The number of rotatable bonds is 5. The van der Waals surface area contributed by atoms with E-state index in [2.05, 4.69) is 29.4 Å². The van der Waals surface area contributed by atoms with Crippen molar-refractivity contribution in [2.24, 2.45) is 5.92 Å². The van der Waals surface area contributed by atoms with Crippen LogP contribution in [0.5, 0.6) is 0 Å². The lowest BCUT2D eigenvalue weighted by Gasteiger charge is -2.19. The van der Waals surface area contributed by atoms with Crippen LogP contribution >= 0.6 is 0 Å². The van der Waals surface area contributed by atoms with Crippen molar-refractivity contribution in [3.05, 3.63) is 17.8 Å². The first-order valence-electron chi connectivity index (χ1n) is 8.03. The molecule has 0 bridgehead atoms. The van der Waals surface area contributed by atoms with Crippen molar-refractivity contribution in [3.8, 4) is 0 Å². The van der Waals surface area contributed by atoms with Gasteiger partial charge in [0.2, 0.25) is 0 Å². The normalized spacial score (nSPS) is 15.9. The Hall–Kier alpha value is -1.65. The molecule has 1 aliphatic heterocycles. The zero-order valence-corrected chi connectivity index (χ0v) is 13.1. The maximum absolute atomic E-state index is 12.4. The van der Waals surface area contributed by atoms with E-state index in [1.807, 2.05) is 11.0 Å².